The van der Waals surface area contributed by atoms with Crippen molar-refractivity contribution in [3.05, 3.63) is 22.7 Å². The third-order valence-corrected chi connectivity index (χ3v) is 6.18. The first-order valence-corrected chi connectivity index (χ1v) is 9.05. The third-order valence-electron chi connectivity index (χ3n) is 4.32. The predicted molar refractivity (Wildman–Crippen MR) is 87.0 cm³/mol. The minimum atomic E-state index is -3.59. The van der Waals surface area contributed by atoms with Gasteiger partial charge in [-0.25, -0.2) is 13.1 Å². The van der Waals surface area contributed by atoms with Crippen LogP contribution in [0.4, 0.5) is 5.69 Å². The van der Waals surface area contributed by atoms with Crippen LogP contribution in [0.1, 0.15) is 45.1 Å². The summed E-state index contributed by atoms with van der Waals surface area (Å²) in [5.74, 6) is 0. The molecule has 1 aliphatic carbocycles. The van der Waals surface area contributed by atoms with E-state index in [2.05, 4.69) is 18.6 Å². The van der Waals surface area contributed by atoms with Gasteiger partial charge in [0.15, 0.2) is 0 Å². The minimum absolute atomic E-state index is 0.0115. The van der Waals surface area contributed by atoms with Crippen molar-refractivity contribution in [2.75, 3.05) is 5.73 Å². The van der Waals surface area contributed by atoms with Crippen LogP contribution in [0, 0.1) is 12.3 Å². The smallest absolute Gasteiger partial charge is 0.241 e. The van der Waals surface area contributed by atoms with Crippen molar-refractivity contribution in [2.45, 2.75) is 57.4 Å². The Bertz CT molecular complexity index is 631. The fourth-order valence-electron chi connectivity index (χ4n) is 2.75. The van der Waals surface area contributed by atoms with Crippen molar-refractivity contribution in [1.82, 2.24) is 4.72 Å². The number of halogens is 1. The topological polar surface area (TPSA) is 72.2 Å². The lowest BCUT2D eigenvalue weighted by Crippen LogP contribution is -2.39. The Morgan fingerprint density at radius 2 is 1.86 bits per heavy atom. The first kappa shape index (κ1) is 16.6. The van der Waals surface area contributed by atoms with Gasteiger partial charge in [0, 0.05) is 16.8 Å². The molecular weight excluding hydrogens is 308 g/mol. The molecule has 0 atom stereocenters. The molecule has 0 amide bonds. The number of anilines is 1. The normalized spacial score (nSPS) is 19.6. The summed E-state index contributed by atoms with van der Waals surface area (Å²) in [5.41, 5.74) is 7.05. The van der Waals surface area contributed by atoms with E-state index in [1.54, 1.807) is 13.0 Å². The van der Waals surface area contributed by atoms with Crippen LogP contribution in [-0.2, 0) is 10.0 Å². The SMILES string of the molecule is Cc1c(N)cc(Cl)cc1S(=O)(=O)NC1CCC(C)(C)CC1. The van der Waals surface area contributed by atoms with Crippen LogP contribution in [0.15, 0.2) is 17.0 Å². The van der Waals surface area contributed by atoms with Crippen LogP contribution >= 0.6 is 11.6 Å². The van der Waals surface area contributed by atoms with Gasteiger partial charge >= 0.3 is 0 Å². The Hall–Kier alpha value is -0.780. The van der Waals surface area contributed by atoms with Crippen LogP contribution in [0.3, 0.4) is 0 Å². The lowest BCUT2D eigenvalue weighted by molar-refractivity contribution is 0.218. The zero-order valence-electron chi connectivity index (χ0n) is 12.7. The molecule has 6 heteroatoms. The van der Waals surface area contributed by atoms with Gasteiger partial charge in [-0.3, -0.25) is 0 Å². The van der Waals surface area contributed by atoms with E-state index in [0.29, 0.717) is 21.7 Å². The van der Waals surface area contributed by atoms with Gasteiger partial charge in [0.05, 0.1) is 4.90 Å². The molecule has 0 unspecified atom stereocenters. The fraction of sp³-hybridized carbons (Fsp3) is 0.600. The molecular formula is C15H23ClN2O2S. The lowest BCUT2D eigenvalue weighted by atomic mass is 9.76. The summed E-state index contributed by atoms with van der Waals surface area (Å²) in [6, 6.07) is 3.02. The van der Waals surface area contributed by atoms with Gasteiger partial charge in [-0.15, -0.1) is 0 Å². The van der Waals surface area contributed by atoms with E-state index in [4.69, 9.17) is 17.3 Å². The number of sulfonamides is 1. The molecule has 0 aromatic heterocycles. The highest BCUT2D eigenvalue weighted by molar-refractivity contribution is 7.89. The number of hydrogen-bond acceptors (Lipinski definition) is 3. The molecule has 0 saturated heterocycles. The lowest BCUT2D eigenvalue weighted by Gasteiger charge is -2.34. The van der Waals surface area contributed by atoms with Gasteiger partial charge in [0.1, 0.15) is 0 Å². The van der Waals surface area contributed by atoms with Crippen molar-refractivity contribution in [3.63, 3.8) is 0 Å². The Labute approximate surface area is 132 Å². The highest BCUT2D eigenvalue weighted by Gasteiger charge is 2.30. The molecule has 0 bridgehead atoms. The second-order valence-corrected chi connectivity index (χ2v) is 8.80. The maximum absolute atomic E-state index is 12.6. The molecule has 0 aliphatic heterocycles. The van der Waals surface area contributed by atoms with E-state index in [1.807, 2.05) is 0 Å². The first-order chi connectivity index (χ1) is 9.61. The predicted octanol–water partition coefficient (Wildman–Crippen LogP) is 3.48. The summed E-state index contributed by atoms with van der Waals surface area (Å²) in [7, 11) is -3.59. The Kier molecular flexibility index (Phi) is 4.57. The largest absolute Gasteiger partial charge is 0.398 e. The fourth-order valence-corrected chi connectivity index (χ4v) is 4.65. The minimum Gasteiger partial charge on any atom is -0.398 e. The van der Waals surface area contributed by atoms with Crippen molar-refractivity contribution < 1.29 is 8.42 Å². The van der Waals surface area contributed by atoms with E-state index in [9.17, 15) is 8.42 Å². The number of rotatable bonds is 3. The maximum Gasteiger partial charge on any atom is 0.241 e. The quantitative estimate of drug-likeness (QED) is 0.833. The summed E-state index contributed by atoms with van der Waals surface area (Å²) in [6.07, 6.45) is 3.77. The van der Waals surface area contributed by atoms with Crippen LogP contribution in [0.2, 0.25) is 5.02 Å². The number of hydrogen-bond donors (Lipinski definition) is 2. The highest BCUT2D eigenvalue weighted by Crippen LogP contribution is 2.35. The van der Waals surface area contributed by atoms with E-state index in [1.165, 1.54) is 6.07 Å². The number of nitrogens with two attached hydrogens (primary N) is 1. The monoisotopic (exact) mass is 330 g/mol. The summed E-state index contributed by atoms with van der Waals surface area (Å²) in [5, 5.41) is 0.336. The zero-order valence-corrected chi connectivity index (χ0v) is 14.3. The standard InChI is InChI=1S/C15H23ClN2O2S/c1-10-13(17)8-11(16)9-14(10)21(19,20)18-12-4-6-15(2,3)7-5-12/h8-9,12,18H,4-7,17H2,1-3H3. The first-order valence-electron chi connectivity index (χ1n) is 7.19. The number of nitrogen functional groups attached to an aromatic ring is 1. The molecule has 118 valence electrons. The van der Waals surface area contributed by atoms with Gasteiger partial charge in [-0.2, -0.15) is 0 Å². The summed E-state index contributed by atoms with van der Waals surface area (Å²) in [4.78, 5) is 0.178. The molecule has 0 spiro atoms. The van der Waals surface area contributed by atoms with Crippen molar-refractivity contribution in [3.8, 4) is 0 Å². The van der Waals surface area contributed by atoms with Gasteiger partial charge in [-0.05, 0) is 55.7 Å². The molecule has 1 saturated carbocycles. The molecule has 1 aromatic rings. The molecule has 3 N–H and O–H groups in total. The maximum atomic E-state index is 12.6. The second kappa shape index (κ2) is 5.78. The average Bonchev–Trinajstić information content (AvgIpc) is 2.36. The van der Waals surface area contributed by atoms with E-state index in [0.717, 1.165) is 25.7 Å². The van der Waals surface area contributed by atoms with Gasteiger partial charge in [0.2, 0.25) is 10.0 Å². The van der Waals surface area contributed by atoms with Crippen molar-refractivity contribution in [2.24, 2.45) is 5.41 Å². The number of benzene rings is 1. The van der Waals surface area contributed by atoms with Gasteiger partial charge in [0.25, 0.3) is 0 Å². The van der Waals surface area contributed by atoms with Crippen molar-refractivity contribution in [1.29, 1.82) is 0 Å². The van der Waals surface area contributed by atoms with Crippen LogP contribution < -0.4 is 10.5 Å². The average molecular weight is 331 g/mol. The summed E-state index contributed by atoms with van der Waals surface area (Å²) < 4.78 is 27.9. The van der Waals surface area contributed by atoms with Crippen LogP contribution in [0.5, 0.6) is 0 Å². The molecule has 1 aliphatic rings. The molecule has 0 radical (unpaired) electrons. The molecule has 4 nitrogen and oxygen atoms in total. The van der Waals surface area contributed by atoms with E-state index < -0.39 is 10.0 Å². The van der Waals surface area contributed by atoms with Gasteiger partial charge < -0.3 is 5.73 Å². The molecule has 1 fully saturated rings. The number of nitrogens with one attached hydrogen (secondary N) is 1. The van der Waals surface area contributed by atoms with Crippen LogP contribution in [0.25, 0.3) is 0 Å². The summed E-state index contributed by atoms with van der Waals surface area (Å²) in [6.45, 7) is 6.14. The van der Waals surface area contributed by atoms with Crippen LogP contribution in [-0.4, -0.2) is 14.5 Å². The summed E-state index contributed by atoms with van der Waals surface area (Å²) >= 11 is 5.94. The van der Waals surface area contributed by atoms with E-state index >= 15 is 0 Å². The molecule has 0 heterocycles. The molecule has 2 rings (SSSR count). The third kappa shape index (κ3) is 3.90. The molecule has 21 heavy (non-hydrogen) atoms. The highest BCUT2D eigenvalue weighted by atomic mass is 35.5. The van der Waals surface area contributed by atoms with Crippen molar-refractivity contribution >= 4 is 27.3 Å². The van der Waals surface area contributed by atoms with Gasteiger partial charge in [-0.1, -0.05) is 25.4 Å². The Morgan fingerprint density at radius 3 is 2.43 bits per heavy atom. The Balaban J connectivity index is 2.20. The molecule has 1 aromatic carbocycles. The second-order valence-electron chi connectivity index (χ2n) is 6.68. The zero-order chi connectivity index (χ0) is 15.8. The van der Waals surface area contributed by atoms with E-state index in [-0.39, 0.29) is 10.9 Å². The Morgan fingerprint density at radius 1 is 1.29 bits per heavy atom.